The van der Waals surface area contributed by atoms with Gasteiger partial charge in [-0.05, 0) is 25.7 Å². The van der Waals surface area contributed by atoms with Gasteiger partial charge < -0.3 is 59.5 Å². The van der Waals surface area contributed by atoms with Crippen LogP contribution in [0.2, 0.25) is 0 Å². The van der Waals surface area contributed by atoms with E-state index in [9.17, 15) is 0 Å². The molecule has 0 saturated heterocycles. The fourth-order valence-electron chi connectivity index (χ4n) is 1.98. The number of hydrogen-bond acceptors (Lipinski definition) is 4. The van der Waals surface area contributed by atoms with Crippen LogP contribution in [0.25, 0.3) is 0 Å². The van der Waals surface area contributed by atoms with Crippen molar-refractivity contribution in [3.05, 3.63) is 0 Å². The molecule has 0 aromatic rings. The maximum absolute atomic E-state index is 4.98. The van der Waals surface area contributed by atoms with E-state index in [4.69, 9.17) is 49.7 Å². The number of hydrogen-bond donors (Lipinski definition) is 0. The number of thiocarbonyl (C=S) groups is 2. The van der Waals surface area contributed by atoms with Crippen LogP contribution in [0, 0.1) is 0 Å². The molecule has 0 rings (SSSR count). The van der Waals surface area contributed by atoms with Crippen molar-refractivity contribution in [2.45, 2.75) is 79.1 Å². The molecule has 0 bridgehead atoms. The maximum Gasteiger partial charge on any atom is 2.00 e. The van der Waals surface area contributed by atoms with E-state index in [1.165, 1.54) is 51.4 Å². The van der Waals surface area contributed by atoms with Crippen molar-refractivity contribution >= 4 is 58.3 Å². The normalized spacial score (nSPS) is 9.44. The molecule has 0 atom stereocenters. The van der Waals surface area contributed by atoms with Crippen LogP contribution in [0.15, 0.2) is 0 Å². The van der Waals surface area contributed by atoms with Crippen LogP contribution in [0.1, 0.15) is 79.1 Å². The van der Waals surface area contributed by atoms with Crippen molar-refractivity contribution in [3.8, 4) is 0 Å². The molecule has 152 valence electrons. The summed E-state index contributed by atoms with van der Waals surface area (Å²) >= 11 is 19.9. The smallest absolute Gasteiger partial charge is 0.411 e. The molecule has 7 heteroatoms. The monoisotopic (exact) mass is 603 g/mol. The molecule has 0 saturated carbocycles. The zero-order valence-corrected chi connectivity index (χ0v) is 21.9. The summed E-state index contributed by atoms with van der Waals surface area (Å²) in [5, 5.41) is 0. The topological polar surface area (TPSA) is 6.48 Å². The van der Waals surface area contributed by atoms with Crippen LogP contribution in [-0.2, 0) is 46.3 Å². The van der Waals surface area contributed by atoms with Crippen LogP contribution in [0.4, 0.5) is 0 Å². The van der Waals surface area contributed by atoms with Crippen molar-refractivity contribution in [3.63, 3.8) is 0 Å². The minimum Gasteiger partial charge on any atom is -0.411 e. The third-order valence-electron chi connectivity index (χ3n) is 3.64. The summed E-state index contributed by atoms with van der Waals surface area (Å²) in [6.45, 7) is 12.9. The van der Waals surface area contributed by atoms with E-state index in [2.05, 4.69) is 37.5 Å². The van der Waals surface area contributed by atoms with Gasteiger partial charge in [0, 0.05) is 26.2 Å². The molecule has 0 radical (unpaired) electrons. The van der Waals surface area contributed by atoms with Crippen molar-refractivity contribution in [1.29, 1.82) is 0 Å². The van der Waals surface area contributed by atoms with Gasteiger partial charge in [-0.15, -0.1) is 0 Å². The third kappa shape index (κ3) is 21.1. The van der Waals surface area contributed by atoms with Crippen molar-refractivity contribution < 1.29 is 21.1 Å². The summed E-state index contributed by atoms with van der Waals surface area (Å²) in [6, 6.07) is 0. The van der Waals surface area contributed by atoms with Gasteiger partial charge in [-0.1, -0.05) is 62.0 Å². The predicted octanol–water partition coefficient (Wildman–Crippen LogP) is 5.44. The van der Waals surface area contributed by atoms with Crippen LogP contribution >= 0.6 is 24.4 Å². The first-order valence-corrected chi connectivity index (χ1v) is 11.0. The Kier molecular flexibility index (Phi) is 28.1. The van der Waals surface area contributed by atoms with Crippen LogP contribution in [0.3, 0.4) is 0 Å². The molecule has 0 spiro atoms. The first-order valence-electron chi connectivity index (χ1n) is 9.36. The van der Waals surface area contributed by atoms with Gasteiger partial charge in [0.05, 0.1) is 0 Å². The van der Waals surface area contributed by atoms with E-state index in [1.54, 1.807) is 0 Å². The standard InChI is InChI=1S/2C9H19NS2.Pt/c2*1-3-5-7-10(9(11)12)8-6-4-2;/h2*3-8H2,1-2H3,(H,11,12);/q;;+2/p-2. The Morgan fingerprint density at radius 2 is 0.800 bits per heavy atom. The Labute approximate surface area is 193 Å². The Bertz CT molecular complexity index is 271. The first-order chi connectivity index (χ1) is 11.4. The molecule has 0 aromatic heterocycles. The maximum atomic E-state index is 4.98. The van der Waals surface area contributed by atoms with E-state index in [0.29, 0.717) is 8.64 Å². The van der Waals surface area contributed by atoms with Crippen molar-refractivity contribution in [2.75, 3.05) is 26.2 Å². The van der Waals surface area contributed by atoms with E-state index in [1.807, 2.05) is 0 Å². The summed E-state index contributed by atoms with van der Waals surface area (Å²) < 4.78 is 1.27. The first kappa shape index (κ1) is 30.6. The molecule has 25 heavy (non-hydrogen) atoms. The number of unbranched alkanes of at least 4 members (excludes halogenated alkanes) is 4. The molecule has 0 N–H and O–H groups in total. The summed E-state index contributed by atoms with van der Waals surface area (Å²) in [5.41, 5.74) is 0. The second-order valence-electron chi connectivity index (χ2n) is 5.92. The summed E-state index contributed by atoms with van der Waals surface area (Å²) in [6.07, 6.45) is 9.62. The molecule has 0 amide bonds. The van der Waals surface area contributed by atoms with Crippen LogP contribution in [0.5, 0.6) is 0 Å². The van der Waals surface area contributed by atoms with Crippen molar-refractivity contribution in [2.24, 2.45) is 0 Å². The molecule has 0 aliphatic carbocycles. The van der Waals surface area contributed by atoms with Gasteiger partial charge in [-0.2, -0.15) is 0 Å². The zero-order chi connectivity index (χ0) is 18.8. The molecule has 0 unspecified atom stereocenters. The SMILES string of the molecule is CCCCN(CCCC)C(=S)[S-].CCCCN(CCCC)C(=S)[S-].[Pt+2]. The van der Waals surface area contributed by atoms with Crippen LogP contribution in [-0.4, -0.2) is 44.6 Å². The fraction of sp³-hybridized carbons (Fsp3) is 0.889. The van der Waals surface area contributed by atoms with Gasteiger partial charge in [-0.25, -0.2) is 0 Å². The Morgan fingerprint density at radius 1 is 0.600 bits per heavy atom. The Morgan fingerprint density at radius 3 is 0.920 bits per heavy atom. The molecule has 0 heterocycles. The summed E-state index contributed by atoms with van der Waals surface area (Å²) in [7, 11) is 0. The van der Waals surface area contributed by atoms with Gasteiger partial charge in [-0.3, -0.25) is 0 Å². The van der Waals surface area contributed by atoms with Gasteiger partial charge in [0.1, 0.15) is 0 Å². The third-order valence-corrected chi connectivity index (χ3v) is 4.68. The van der Waals surface area contributed by atoms with E-state index in [-0.39, 0.29) is 21.1 Å². The largest absolute Gasteiger partial charge is 2.00 e. The Balaban J connectivity index is -0.000000372. The fourth-order valence-corrected chi connectivity index (χ4v) is 2.71. The minimum atomic E-state index is 0. The number of nitrogens with zero attached hydrogens (tertiary/aromatic N) is 2. The molecule has 0 aliphatic rings. The van der Waals surface area contributed by atoms with Gasteiger partial charge in [0.15, 0.2) is 0 Å². The van der Waals surface area contributed by atoms with E-state index >= 15 is 0 Å². The summed E-state index contributed by atoms with van der Waals surface area (Å²) in [5.74, 6) is 0. The van der Waals surface area contributed by atoms with Gasteiger partial charge in [0.2, 0.25) is 0 Å². The average molecular weight is 604 g/mol. The second-order valence-corrected chi connectivity index (χ2v) is 7.98. The van der Waals surface area contributed by atoms with Crippen molar-refractivity contribution in [1.82, 2.24) is 9.80 Å². The Hall–Kier alpha value is 0.908. The molecule has 0 aromatic carbocycles. The second kappa shape index (κ2) is 22.9. The molecule has 2 nitrogen and oxygen atoms in total. The molecule has 0 aliphatic heterocycles. The number of rotatable bonds is 12. The average Bonchev–Trinajstić information content (AvgIpc) is 2.55. The van der Waals surface area contributed by atoms with Gasteiger partial charge in [0.25, 0.3) is 0 Å². The summed E-state index contributed by atoms with van der Waals surface area (Å²) in [4.78, 5) is 4.27. The molecular weight excluding hydrogens is 568 g/mol. The molecule has 0 fully saturated rings. The predicted molar refractivity (Wildman–Crippen MR) is 123 cm³/mol. The quantitative estimate of drug-likeness (QED) is 0.215. The molecular formula is C18H36N2PtS4. The van der Waals surface area contributed by atoms with Gasteiger partial charge >= 0.3 is 21.1 Å². The van der Waals surface area contributed by atoms with E-state index < -0.39 is 0 Å². The minimum absolute atomic E-state index is 0. The van der Waals surface area contributed by atoms with Crippen LogP contribution < -0.4 is 0 Å². The zero-order valence-electron chi connectivity index (χ0n) is 16.3. The van der Waals surface area contributed by atoms with E-state index in [0.717, 1.165) is 26.2 Å².